The number of ether oxygens (including phenoxy) is 1. The molecule has 0 aliphatic carbocycles. The molecule has 1 unspecified atom stereocenters. The number of nitrogens with one attached hydrogen (secondary N) is 1. The van der Waals surface area contributed by atoms with Crippen LogP contribution in [0.1, 0.15) is 19.8 Å². The van der Waals surface area contributed by atoms with Crippen molar-refractivity contribution in [2.45, 2.75) is 25.9 Å². The van der Waals surface area contributed by atoms with Gasteiger partial charge in [-0.05, 0) is 12.8 Å². The van der Waals surface area contributed by atoms with Gasteiger partial charge in [-0.3, -0.25) is 14.5 Å². The summed E-state index contributed by atoms with van der Waals surface area (Å²) in [4.78, 5) is 26.9. The van der Waals surface area contributed by atoms with E-state index in [1.54, 1.807) is 6.92 Å². The molecule has 2 aliphatic rings. The maximum Gasteiger partial charge on any atom is 0.234 e. The van der Waals surface area contributed by atoms with Crippen LogP contribution in [-0.2, 0) is 14.3 Å². The van der Waals surface area contributed by atoms with E-state index in [0.29, 0.717) is 26.2 Å². The van der Waals surface area contributed by atoms with Gasteiger partial charge in [0.15, 0.2) is 0 Å². The molecule has 1 N–H and O–H groups in total. The lowest BCUT2D eigenvalue weighted by molar-refractivity contribution is -0.131. The summed E-state index contributed by atoms with van der Waals surface area (Å²) in [6.45, 7) is 6.41. The first-order chi connectivity index (χ1) is 9.15. The molecule has 2 rings (SSSR count). The number of piperazine rings is 1. The van der Waals surface area contributed by atoms with Crippen LogP contribution in [0.3, 0.4) is 0 Å². The van der Waals surface area contributed by atoms with Crippen molar-refractivity contribution in [1.82, 2.24) is 15.1 Å². The van der Waals surface area contributed by atoms with E-state index in [4.69, 9.17) is 4.74 Å². The SMILES string of the molecule is CC(=O)N1CCN(CC(=O)NCC2CCCO2)CC1. The lowest BCUT2D eigenvalue weighted by atomic mass is 10.2. The largest absolute Gasteiger partial charge is 0.376 e. The van der Waals surface area contributed by atoms with Crippen molar-refractivity contribution in [3.05, 3.63) is 0 Å². The highest BCUT2D eigenvalue weighted by Gasteiger charge is 2.21. The van der Waals surface area contributed by atoms with Gasteiger partial charge in [-0.2, -0.15) is 0 Å². The van der Waals surface area contributed by atoms with Gasteiger partial charge in [0.05, 0.1) is 12.6 Å². The van der Waals surface area contributed by atoms with Gasteiger partial charge in [-0.1, -0.05) is 0 Å². The molecule has 19 heavy (non-hydrogen) atoms. The van der Waals surface area contributed by atoms with Crippen LogP contribution in [0, 0.1) is 0 Å². The van der Waals surface area contributed by atoms with E-state index >= 15 is 0 Å². The lowest BCUT2D eigenvalue weighted by Gasteiger charge is -2.33. The predicted octanol–water partition coefficient (Wildman–Crippen LogP) is -0.554. The van der Waals surface area contributed by atoms with Gasteiger partial charge < -0.3 is 15.0 Å². The summed E-state index contributed by atoms with van der Waals surface area (Å²) < 4.78 is 5.46. The molecule has 0 bridgehead atoms. The minimum absolute atomic E-state index is 0.0479. The number of carbonyl (C=O) groups excluding carboxylic acids is 2. The summed E-state index contributed by atoms with van der Waals surface area (Å²) in [6, 6.07) is 0. The fourth-order valence-electron chi connectivity index (χ4n) is 2.51. The lowest BCUT2D eigenvalue weighted by Crippen LogP contribution is -2.51. The van der Waals surface area contributed by atoms with Gasteiger partial charge in [0.2, 0.25) is 11.8 Å². The Morgan fingerprint density at radius 1 is 1.26 bits per heavy atom. The van der Waals surface area contributed by atoms with Crippen LogP contribution in [0.5, 0.6) is 0 Å². The smallest absolute Gasteiger partial charge is 0.234 e. The quantitative estimate of drug-likeness (QED) is 0.743. The average molecular weight is 269 g/mol. The summed E-state index contributed by atoms with van der Waals surface area (Å²) >= 11 is 0. The number of rotatable bonds is 4. The summed E-state index contributed by atoms with van der Waals surface area (Å²) in [5, 5.41) is 2.92. The highest BCUT2D eigenvalue weighted by molar-refractivity contribution is 5.78. The second-order valence-electron chi connectivity index (χ2n) is 5.22. The molecule has 2 aliphatic heterocycles. The van der Waals surface area contributed by atoms with Crippen LogP contribution < -0.4 is 5.32 Å². The van der Waals surface area contributed by atoms with E-state index in [0.717, 1.165) is 32.5 Å². The van der Waals surface area contributed by atoms with Crippen LogP contribution in [0.25, 0.3) is 0 Å². The maximum absolute atomic E-state index is 11.8. The highest BCUT2D eigenvalue weighted by Crippen LogP contribution is 2.10. The number of amides is 2. The van der Waals surface area contributed by atoms with Crippen LogP contribution >= 0.6 is 0 Å². The van der Waals surface area contributed by atoms with Gasteiger partial charge in [0.25, 0.3) is 0 Å². The number of nitrogens with zero attached hydrogens (tertiary/aromatic N) is 2. The second-order valence-corrected chi connectivity index (χ2v) is 5.22. The zero-order chi connectivity index (χ0) is 13.7. The third-order valence-corrected chi connectivity index (χ3v) is 3.74. The molecule has 2 amide bonds. The minimum atomic E-state index is 0.0479. The van der Waals surface area contributed by atoms with Gasteiger partial charge >= 0.3 is 0 Å². The monoisotopic (exact) mass is 269 g/mol. The molecule has 0 aromatic heterocycles. The Kier molecular flexibility index (Phi) is 5.15. The van der Waals surface area contributed by atoms with Crippen LogP contribution in [0.15, 0.2) is 0 Å². The van der Waals surface area contributed by atoms with Crippen LogP contribution in [-0.4, -0.2) is 73.6 Å². The van der Waals surface area contributed by atoms with E-state index in [2.05, 4.69) is 10.2 Å². The molecule has 6 heteroatoms. The topological polar surface area (TPSA) is 61.9 Å². The molecular weight excluding hydrogens is 246 g/mol. The van der Waals surface area contributed by atoms with Crippen molar-refractivity contribution in [3.63, 3.8) is 0 Å². The predicted molar refractivity (Wildman–Crippen MR) is 70.7 cm³/mol. The number of hydrogen-bond acceptors (Lipinski definition) is 4. The van der Waals surface area contributed by atoms with E-state index in [1.807, 2.05) is 4.90 Å². The van der Waals surface area contributed by atoms with Gasteiger partial charge in [0, 0.05) is 46.3 Å². The summed E-state index contributed by atoms with van der Waals surface area (Å²) in [5.41, 5.74) is 0. The van der Waals surface area contributed by atoms with Crippen molar-refractivity contribution < 1.29 is 14.3 Å². The van der Waals surface area contributed by atoms with E-state index in [-0.39, 0.29) is 17.9 Å². The van der Waals surface area contributed by atoms with Gasteiger partial charge in [0.1, 0.15) is 0 Å². The Hall–Kier alpha value is -1.14. The maximum atomic E-state index is 11.8. The summed E-state index contributed by atoms with van der Waals surface area (Å²) in [7, 11) is 0. The molecule has 0 aromatic carbocycles. The van der Waals surface area contributed by atoms with Gasteiger partial charge in [-0.15, -0.1) is 0 Å². The minimum Gasteiger partial charge on any atom is -0.376 e. The second kappa shape index (κ2) is 6.86. The van der Waals surface area contributed by atoms with Gasteiger partial charge in [-0.25, -0.2) is 0 Å². The molecule has 0 spiro atoms. The molecular formula is C13H23N3O3. The zero-order valence-corrected chi connectivity index (χ0v) is 11.6. The molecule has 0 radical (unpaired) electrons. The fraction of sp³-hybridized carbons (Fsp3) is 0.846. The van der Waals surface area contributed by atoms with Crippen molar-refractivity contribution in [1.29, 1.82) is 0 Å². The van der Waals surface area contributed by atoms with Crippen molar-refractivity contribution >= 4 is 11.8 Å². The van der Waals surface area contributed by atoms with E-state index in [9.17, 15) is 9.59 Å². The molecule has 2 saturated heterocycles. The van der Waals surface area contributed by atoms with Crippen LogP contribution in [0.2, 0.25) is 0 Å². The first kappa shape index (κ1) is 14.3. The Morgan fingerprint density at radius 2 is 2.00 bits per heavy atom. The van der Waals surface area contributed by atoms with E-state index in [1.165, 1.54) is 0 Å². The van der Waals surface area contributed by atoms with Crippen molar-refractivity contribution in [2.24, 2.45) is 0 Å². The molecule has 0 aromatic rings. The van der Waals surface area contributed by atoms with E-state index < -0.39 is 0 Å². The summed E-state index contributed by atoms with van der Waals surface area (Å²) in [6.07, 6.45) is 2.32. The Morgan fingerprint density at radius 3 is 2.58 bits per heavy atom. The number of hydrogen-bond donors (Lipinski definition) is 1. The standard InChI is InChI=1S/C13H23N3O3/c1-11(17)16-6-4-15(5-7-16)10-13(18)14-9-12-3-2-8-19-12/h12H,2-10H2,1H3,(H,14,18). The third kappa shape index (κ3) is 4.47. The highest BCUT2D eigenvalue weighted by atomic mass is 16.5. The molecule has 6 nitrogen and oxygen atoms in total. The molecule has 2 fully saturated rings. The first-order valence-electron chi connectivity index (χ1n) is 7.01. The Balaban J connectivity index is 1.61. The zero-order valence-electron chi connectivity index (χ0n) is 11.6. The normalized spacial score (nSPS) is 24.5. The Labute approximate surface area is 114 Å². The molecule has 1 atom stereocenters. The fourth-order valence-corrected chi connectivity index (χ4v) is 2.51. The van der Waals surface area contributed by atoms with Crippen LogP contribution in [0.4, 0.5) is 0 Å². The molecule has 108 valence electrons. The number of carbonyl (C=O) groups is 2. The molecule has 2 heterocycles. The van der Waals surface area contributed by atoms with Crippen molar-refractivity contribution in [3.8, 4) is 0 Å². The average Bonchev–Trinajstić information content (AvgIpc) is 2.90. The first-order valence-corrected chi connectivity index (χ1v) is 7.01. The van der Waals surface area contributed by atoms with Crippen molar-refractivity contribution in [2.75, 3.05) is 45.9 Å². The molecule has 0 saturated carbocycles. The Bertz CT molecular complexity index is 321. The summed E-state index contributed by atoms with van der Waals surface area (Å²) in [5.74, 6) is 0.161. The third-order valence-electron chi connectivity index (χ3n) is 3.74.